The normalized spacial score (nSPS) is 20.9. The zero-order chi connectivity index (χ0) is 13.0. The van der Waals surface area contributed by atoms with Crippen LogP contribution in [0.25, 0.3) is 0 Å². The number of rotatable bonds is 3. The zero-order valence-electron chi connectivity index (χ0n) is 9.96. The van der Waals surface area contributed by atoms with E-state index in [1.54, 1.807) is 17.8 Å². The van der Waals surface area contributed by atoms with Crippen molar-refractivity contribution in [3.63, 3.8) is 0 Å². The molecule has 1 unspecified atom stereocenters. The minimum Gasteiger partial charge on any atom is -0.316 e. The van der Waals surface area contributed by atoms with Crippen molar-refractivity contribution in [2.75, 3.05) is 13.1 Å². The van der Waals surface area contributed by atoms with Crippen molar-refractivity contribution >= 4 is 11.8 Å². The molecule has 0 amide bonds. The average Bonchev–Trinajstić information content (AvgIpc) is 2.37. The van der Waals surface area contributed by atoms with Crippen LogP contribution >= 0.6 is 11.8 Å². The van der Waals surface area contributed by atoms with Gasteiger partial charge in [-0.1, -0.05) is 18.2 Å². The Labute approximate surface area is 109 Å². The molecule has 0 spiro atoms. The highest BCUT2D eigenvalue weighted by molar-refractivity contribution is 7.99. The fourth-order valence-electron chi connectivity index (χ4n) is 2.01. The minimum absolute atomic E-state index is 0.522. The summed E-state index contributed by atoms with van der Waals surface area (Å²) in [5, 5.41) is 3.83. The van der Waals surface area contributed by atoms with Gasteiger partial charge < -0.3 is 5.32 Å². The number of hydrogen-bond donors (Lipinski definition) is 1. The van der Waals surface area contributed by atoms with Gasteiger partial charge in [0.2, 0.25) is 0 Å². The third-order valence-electron chi connectivity index (χ3n) is 2.99. The lowest BCUT2D eigenvalue weighted by molar-refractivity contribution is -0.137. The van der Waals surface area contributed by atoms with Crippen molar-refractivity contribution < 1.29 is 13.2 Å². The smallest absolute Gasteiger partial charge is 0.316 e. The molecule has 2 rings (SSSR count). The van der Waals surface area contributed by atoms with Gasteiger partial charge in [0.05, 0.1) is 5.56 Å². The molecule has 1 atom stereocenters. The highest BCUT2D eigenvalue weighted by Gasteiger charge is 2.30. The predicted octanol–water partition coefficient (Wildman–Crippen LogP) is 3.69. The van der Waals surface area contributed by atoms with Crippen LogP contribution in [-0.2, 0) is 11.9 Å². The topological polar surface area (TPSA) is 12.0 Å². The molecule has 5 heteroatoms. The van der Waals surface area contributed by atoms with Crippen LogP contribution in [0.3, 0.4) is 0 Å². The van der Waals surface area contributed by atoms with E-state index in [2.05, 4.69) is 5.32 Å². The molecule has 0 radical (unpaired) electrons. The first-order chi connectivity index (χ1) is 8.55. The minimum atomic E-state index is -4.24. The number of thioether (sulfide) groups is 1. The summed E-state index contributed by atoms with van der Waals surface area (Å²) in [5.41, 5.74) is 0.197. The zero-order valence-corrected chi connectivity index (χ0v) is 10.8. The number of benzene rings is 1. The van der Waals surface area contributed by atoms with Crippen molar-refractivity contribution in [3.05, 3.63) is 35.4 Å². The Morgan fingerprint density at radius 3 is 2.83 bits per heavy atom. The lowest BCUT2D eigenvalue weighted by Crippen LogP contribution is -2.31. The Bertz CT molecular complexity index is 386. The number of hydrogen-bond acceptors (Lipinski definition) is 2. The first-order valence-electron chi connectivity index (χ1n) is 6.04. The van der Waals surface area contributed by atoms with Crippen molar-refractivity contribution in [3.8, 4) is 0 Å². The summed E-state index contributed by atoms with van der Waals surface area (Å²) in [6.07, 6.45) is -1.94. The second-order valence-electron chi connectivity index (χ2n) is 4.48. The monoisotopic (exact) mass is 275 g/mol. The second-order valence-corrected chi connectivity index (χ2v) is 5.77. The first kappa shape index (κ1) is 13.7. The number of nitrogens with one attached hydrogen (secondary N) is 1. The van der Waals surface area contributed by atoms with E-state index in [4.69, 9.17) is 0 Å². The van der Waals surface area contributed by atoms with Crippen molar-refractivity contribution in [2.24, 2.45) is 0 Å². The van der Waals surface area contributed by atoms with E-state index < -0.39 is 11.7 Å². The third-order valence-corrected chi connectivity index (χ3v) is 4.37. The Morgan fingerprint density at radius 1 is 1.33 bits per heavy atom. The highest BCUT2D eigenvalue weighted by atomic mass is 32.2. The molecule has 18 heavy (non-hydrogen) atoms. The van der Waals surface area contributed by atoms with E-state index in [1.165, 1.54) is 12.1 Å². The van der Waals surface area contributed by atoms with Gasteiger partial charge in [-0.05, 0) is 31.0 Å². The quantitative estimate of drug-likeness (QED) is 0.903. The summed E-state index contributed by atoms with van der Waals surface area (Å²) in [6.45, 7) is 2.02. The summed E-state index contributed by atoms with van der Waals surface area (Å²) >= 11 is 1.74. The Morgan fingerprint density at radius 2 is 2.17 bits per heavy atom. The van der Waals surface area contributed by atoms with Crippen LogP contribution in [0.2, 0.25) is 0 Å². The predicted molar refractivity (Wildman–Crippen MR) is 68.6 cm³/mol. The highest BCUT2D eigenvalue weighted by Crippen LogP contribution is 2.31. The van der Waals surface area contributed by atoms with E-state index in [0.717, 1.165) is 37.6 Å². The molecule has 0 aromatic heterocycles. The summed E-state index contributed by atoms with van der Waals surface area (Å²) in [7, 11) is 0. The molecule has 0 aliphatic carbocycles. The van der Waals surface area contributed by atoms with Gasteiger partial charge in [-0.2, -0.15) is 24.9 Å². The fraction of sp³-hybridized carbons (Fsp3) is 0.538. The van der Waals surface area contributed by atoms with Crippen LogP contribution in [-0.4, -0.2) is 18.3 Å². The van der Waals surface area contributed by atoms with Crippen molar-refractivity contribution in [1.29, 1.82) is 0 Å². The van der Waals surface area contributed by atoms with Crippen LogP contribution < -0.4 is 5.32 Å². The Hall–Kier alpha value is -0.680. The molecule has 1 fully saturated rings. The molecule has 100 valence electrons. The molecule has 1 aromatic carbocycles. The SMILES string of the molecule is FC(F)(F)c1cccc(CSC2CCCNC2)c1. The van der Waals surface area contributed by atoms with Crippen LogP contribution in [0.5, 0.6) is 0 Å². The maximum atomic E-state index is 12.5. The largest absolute Gasteiger partial charge is 0.416 e. The Kier molecular flexibility index (Phi) is 4.56. The van der Waals surface area contributed by atoms with E-state index in [9.17, 15) is 13.2 Å². The maximum Gasteiger partial charge on any atom is 0.416 e. The molecule has 1 aliphatic heterocycles. The molecule has 1 heterocycles. The second kappa shape index (κ2) is 5.97. The van der Waals surface area contributed by atoms with Crippen molar-refractivity contribution in [2.45, 2.75) is 30.0 Å². The molecule has 1 N–H and O–H groups in total. The number of halogens is 3. The summed E-state index contributed by atoms with van der Waals surface area (Å²) in [6, 6.07) is 5.62. The van der Waals surface area contributed by atoms with Crippen LogP contribution in [0.1, 0.15) is 24.0 Å². The summed E-state index contributed by atoms with van der Waals surface area (Å²) in [4.78, 5) is 0. The van der Waals surface area contributed by atoms with E-state index >= 15 is 0 Å². The summed E-state index contributed by atoms with van der Waals surface area (Å²) < 4.78 is 37.6. The number of piperidine rings is 1. The van der Waals surface area contributed by atoms with Gasteiger partial charge in [0, 0.05) is 17.5 Å². The van der Waals surface area contributed by atoms with Crippen LogP contribution in [0.15, 0.2) is 24.3 Å². The molecule has 1 aromatic rings. The van der Waals surface area contributed by atoms with E-state index in [1.807, 2.05) is 0 Å². The molecule has 0 bridgehead atoms. The molecule has 1 aliphatic rings. The van der Waals surface area contributed by atoms with Gasteiger partial charge >= 0.3 is 6.18 Å². The van der Waals surface area contributed by atoms with Crippen LogP contribution in [0, 0.1) is 0 Å². The molecular formula is C13H16F3NS. The van der Waals surface area contributed by atoms with Crippen LogP contribution in [0.4, 0.5) is 13.2 Å². The number of alkyl halides is 3. The van der Waals surface area contributed by atoms with Gasteiger partial charge in [-0.15, -0.1) is 0 Å². The Balaban J connectivity index is 1.92. The van der Waals surface area contributed by atoms with Gasteiger partial charge in [0.15, 0.2) is 0 Å². The molecule has 1 nitrogen and oxygen atoms in total. The van der Waals surface area contributed by atoms with Gasteiger partial charge in [-0.25, -0.2) is 0 Å². The fourth-order valence-corrected chi connectivity index (χ4v) is 3.19. The standard InChI is InChI=1S/C13H16F3NS/c14-13(15,16)11-4-1-3-10(7-11)9-18-12-5-2-6-17-8-12/h1,3-4,7,12,17H,2,5-6,8-9H2. The van der Waals surface area contributed by atoms with Crippen molar-refractivity contribution in [1.82, 2.24) is 5.32 Å². The third kappa shape index (κ3) is 3.92. The van der Waals surface area contributed by atoms with Gasteiger partial charge in [0.1, 0.15) is 0 Å². The lowest BCUT2D eigenvalue weighted by atomic mass is 10.1. The molecule has 1 saturated heterocycles. The van der Waals surface area contributed by atoms with Gasteiger partial charge in [-0.3, -0.25) is 0 Å². The first-order valence-corrected chi connectivity index (χ1v) is 7.09. The van der Waals surface area contributed by atoms with E-state index in [0.29, 0.717) is 11.0 Å². The van der Waals surface area contributed by atoms with Gasteiger partial charge in [0.25, 0.3) is 0 Å². The molecule has 0 saturated carbocycles. The maximum absolute atomic E-state index is 12.5. The van der Waals surface area contributed by atoms with E-state index in [-0.39, 0.29) is 0 Å². The lowest BCUT2D eigenvalue weighted by Gasteiger charge is -2.22. The molecular weight excluding hydrogens is 259 g/mol. The summed E-state index contributed by atoms with van der Waals surface area (Å²) in [5.74, 6) is 0.649. The average molecular weight is 275 g/mol.